The van der Waals surface area contributed by atoms with Gasteiger partial charge in [-0.15, -0.1) is 6.42 Å². The van der Waals surface area contributed by atoms with Crippen LogP contribution in [0.15, 0.2) is 47.6 Å². The van der Waals surface area contributed by atoms with Crippen molar-refractivity contribution in [3.05, 3.63) is 63.7 Å². The number of carbonyl (C=O) groups is 1. The highest BCUT2D eigenvalue weighted by Gasteiger charge is 2.12. The molecule has 0 aromatic heterocycles. The summed E-state index contributed by atoms with van der Waals surface area (Å²) in [7, 11) is 1.45. The smallest absolute Gasteiger partial charge is 0.275 e. The first-order chi connectivity index (χ1) is 12.6. The number of hydrogen-bond donors (Lipinski definition) is 1. The fourth-order valence-corrected chi connectivity index (χ4v) is 2.05. The van der Waals surface area contributed by atoms with Gasteiger partial charge in [-0.1, -0.05) is 18.1 Å². The van der Waals surface area contributed by atoms with Gasteiger partial charge in [-0.3, -0.25) is 14.9 Å². The summed E-state index contributed by atoms with van der Waals surface area (Å²) in [5.41, 5.74) is 2.80. The number of methoxy groups -OCH3 is 1. The predicted molar refractivity (Wildman–Crippen MR) is 95.5 cm³/mol. The second kappa shape index (κ2) is 8.84. The van der Waals surface area contributed by atoms with E-state index in [9.17, 15) is 14.9 Å². The Balaban J connectivity index is 2.20. The first-order valence-corrected chi connectivity index (χ1v) is 7.38. The molecule has 2 rings (SSSR count). The summed E-state index contributed by atoms with van der Waals surface area (Å²) in [6.07, 6.45) is 6.39. The van der Waals surface area contributed by atoms with Crippen LogP contribution in [0.5, 0.6) is 11.5 Å². The van der Waals surface area contributed by atoms with Crippen molar-refractivity contribution in [2.45, 2.75) is 0 Å². The van der Waals surface area contributed by atoms with Gasteiger partial charge in [-0.05, 0) is 18.2 Å². The Morgan fingerprint density at radius 3 is 2.81 bits per heavy atom. The van der Waals surface area contributed by atoms with Gasteiger partial charge in [-0.2, -0.15) is 5.10 Å². The zero-order valence-electron chi connectivity index (χ0n) is 13.8. The van der Waals surface area contributed by atoms with Crippen molar-refractivity contribution in [3.63, 3.8) is 0 Å². The molecule has 0 aliphatic rings. The molecule has 0 saturated carbocycles. The second-order valence-corrected chi connectivity index (χ2v) is 4.87. The van der Waals surface area contributed by atoms with Crippen LogP contribution in [0, 0.1) is 22.5 Å². The number of nitro benzene ring substituents is 1. The minimum absolute atomic E-state index is 0.00771. The number of carbonyl (C=O) groups excluding carboxylic acids is 1. The molecule has 26 heavy (non-hydrogen) atoms. The Hall–Kier alpha value is -3.86. The van der Waals surface area contributed by atoms with Crippen molar-refractivity contribution in [2.75, 3.05) is 13.7 Å². The molecule has 0 radical (unpaired) electrons. The average Bonchev–Trinajstić information content (AvgIpc) is 2.66. The third-order valence-corrected chi connectivity index (χ3v) is 3.24. The van der Waals surface area contributed by atoms with Gasteiger partial charge in [0.2, 0.25) is 0 Å². The predicted octanol–water partition coefficient (Wildman–Crippen LogP) is 2.38. The molecule has 2 aromatic rings. The molecule has 2 aromatic carbocycles. The first kappa shape index (κ1) is 18.5. The van der Waals surface area contributed by atoms with Crippen LogP contribution in [-0.4, -0.2) is 30.8 Å². The number of nitrogens with one attached hydrogen (secondary N) is 1. The van der Waals surface area contributed by atoms with Crippen molar-refractivity contribution in [1.29, 1.82) is 0 Å². The van der Waals surface area contributed by atoms with Gasteiger partial charge in [0, 0.05) is 17.7 Å². The fraction of sp³-hybridized carbons (Fsp3) is 0.111. The highest BCUT2D eigenvalue weighted by Crippen LogP contribution is 2.23. The standard InChI is InChI=1S/C18H15N3O5/c1-3-10-26-16-9-8-14(21(23)24)11-13(16)12-19-20-18(22)15-6-4-5-7-17(15)25-2/h1,4-9,11-12H,10H2,2H3,(H,20,22)/b19-12-. The number of nitro groups is 1. The lowest BCUT2D eigenvalue weighted by Crippen LogP contribution is -2.18. The SMILES string of the molecule is C#CCOc1ccc([N+](=O)[O-])cc1/C=N\NC(=O)c1ccccc1OC. The van der Waals surface area contributed by atoms with E-state index in [2.05, 4.69) is 16.4 Å². The third kappa shape index (κ3) is 4.58. The largest absolute Gasteiger partial charge is 0.496 e. The van der Waals surface area contributed by atoms with E-state index in [4.69, 9.17) is 15.9 Å². The summed E-state index contributed by atoms with van der Waals surface area (Å²) in [4.78, 5) is 22.6. The number of ether oxygens (including phenoxy) is 2. The van der Waals surface area contributed by atoms with Gasteiger partial charge < -0.3 is 9.47 Å². The number of rotatable bonds is 7. The van der Waals surface area contributed by atoms with Gasteiger partial charge in [0.1, 0.15) is 18.1 Å². The van der Waals surface area contributed by atoms with Crippen LogP contribution >= 0.6 is 0 Å². The number of terminal acetylenes is 1. The molecule has 0 heterocycles. The molecular formula is C18H15N3O5. The Morgan fingerprint density at radius 1 is 1.35 bits per heavy atom. The highest BCUT2D eigenvalue weighted by atomic mass is 16.6. The molecule has 8 nitrogen and oxygen atoms in total. The van der Waals surface area contributed by atoms with Crippen LogP contribution in [0.4, 0.5) is 5.69 Å². The summed E-state index contributed by atoms with van der Waals surface area (Å²) in [5.74, 6) is 2.52. The Kier molecular flexibility index (Phi) is 6.28. The van der Waals surface area contributed by atoms with Gasteiger partial charge >= 0.3 is 0 Å². The Labute approximate surface area is 149 Å². The van der Waals surface area contributed by atoms with Gasteiger partial charge in [0.05, 0.1) is 23.8 Å². The number of hydrogen-bond acceptors (Lipinski definition) is 6. The maximum Gasteiger partial charge on any atom is 0.275 e. The molecule has 0 aliphatic heterocycles. The van der Waals surface area contributed by atoms with E-state index in [1.54, 1.807) is 24.3 Å². The van der Waals surface area contributed by atoms with Gasteiger partial charge in [0.25, 0.3) is 11.6 Å². The van der Waals surface area contributed by atoms with Gasteiger partial charge in [0.15, 0.2) is 0 Å². The lowest BCUT2D eigenvalue weighted by molar-refractivity contribution is -0.384. The van der Waals surface area contributed by atoms with Crippen LogP contribution < -0.4 is 14.9 Å². The van der Waals surface area contributed by atoms with E-state index in [-0.39, 0.29) is 12.3 Å². The number of nitrogens with zero attached hydrogens (tertiary/aromatic N) is 2. The molecule has 0 unspecified atom stereocenters. The minimum Gasteiger partial charge on any atom is -0.496 e. The van der Waals surface area contributed by atoms with Crippen molar-refractivity contribution in [2.24, 2.45) is 5.10 Å². The number of benzene rings is 2. The minimum atomic E-state index is -0.546. The van der Waals surface area contributed by atoms with Crippen LogP contribution in [-0.2, 0) is 0 Å². The Morgan fingerprint density at radius 2 is 2.12 bits per heavy atom. The second-order valence-electron chi connectivity index (χ2n) is 4.87. The van der Waals surface area contributed by atoms with Crippen molar-refractivity contribution >= 4 is 17.8 Å². The van der Waals surface area contributed by atoms with Crippen LogP contribution in [0.25, 0.3) is 0 Å². The molecule has 1 amide bonds. The summed E-state index contributed by atoms with van der Waals surface area (Å²) < 4.78 is 10.4. The van der Waals surface area contributed by atoms with E-state index in [0.717, 1.165) is 0 Å². The number of non-ortho nitro benzene ring substituents is 1. The van der Waals surface area contributed by atoms with E-state index < -0.39 is 10.8 Å². The maximum atomic E-state index is 12.2. The van der Waals surface area contributed by atoms with Crippen LogP contribution in [0.2, 0.25) is 0 Å². The molecule has 8 heteroatoms. The quantitative estimate of drug-likeness (QED) is 0.356. The number of amides is 1. The van der Waals surface area contributed by atoms with Crippen molar-refractivity contribution < 1.29 is 19.2 Å². The summed E-state index contributed by atoms with van der Waals surface area (Å²) in [6.45, 7) is -0.00771. The number of para-hydroxylation sites is 1. The topological polar surface area (TPSA) is 103 Å². The molecule has 0 atom stereocenters. The lowest BCUT2D eigenvalue weighted by Gasteiger charge is -2.07. The first-order valence-electron chi connectivity index (χ1n) is 7.38. The highest BCUT2D eigenvalue weighted by molar-refractivity contribution is 5.97. The summed E-state index contributed by atoms with van der Waals surface area (Å²) >= 11 is 0. The third-order valence-electron chi connectivity index (χ3n) is 3.24. The van der Waals surface area contributed by atoms with E-state index in [1.165, 1.54) is 31.5 Å². The monoisotopic (exact) mass is 353 g/mol. The molecular weight excluding hydrogens is 338 g/mol. The molecule has 0 bridgehead atoms. The molecule has 0 spiro atoms. The summed E-state index contributed by atoms with van der Waals surface area (Å²) in [5, 5.41) is 14.7. The number of hydrazone groups is 1. The zero-order valence-corrected chi connectivity index (χ0v) is 13.8. The molecule has 0 aliphatic carbocycles. The summed E-state index contributed by atoms with van der Waals surface area (Å²) in [6, 6.07) is 10.6. The average molecular weight is 353 g/mol. The maximum absolute atomic E-state index is 12.2. The van der Waals surface area contributed by atoms with Crippen LogP contribution in [0.1, 0.15) is 15.9 Å². The van der Waals surface area contributed by atoms with Crippen LogP contribution in [0.3, 0.4) is 0 Å². The fourth-order valence-electron chi connectivity index (χ4n) is 2.05. The van der Waals surface area contributed by atoms with Crippen molar-refractivity contribution in [1.82, 2.24) is 5.43 Å². The molecule has 132 valence electrons. The van der Waals surface area contributed by atoms with E-state index in [1.807, 2.05) is 0 Å². The van der Waals surface area contributed by atoms with Crippen molar-refractivity contribution in [3.8, 4) is 23.8 Å². The molecule has 0 saturated heterocycles. The molecule has 0 fully saturated rings. The normalized spacial score (nSPS) is 10.2. The van der Waals surface area contributed by atoms with E-state index >= 15 is 0 Å². The lowest BCUT2D eigenvalue weighted by atomic mass is 10.2. The zero-order chi connectivity index (χ0) is 18.9. The molecule has 1 N–H and O–H groups in total. The Bertz CT molecular complexity index is 887. The van der Waals surface area contributed by atoms with Gasteiger partial charge in [-0.25, -0.2) is 5.43 Å². The van der Waals surface area contributed by atoms with E-state index in [0.29, 0.717) is 22.6 Å².